The minimum Gasteiger partial charge on any atom is -0.493 e. The number of esters is 1. The molecule has 280 valence electrons. The van der Waals surface area contributed by atoms with Crippen LogP contribution >= 0.6 is 0 Å². The number of ether oxygens (including phenoxy) is 6. The number of likely N-dealkylation sites (N-methyl/N-ethyl adjacent to an activating group) is 1. The summed E-state index contributed by atoms with van der Waals surface area (Å²) < 4.78 is 36.1. The molecule has 4 aliphatic rings. The average molecular weight is 725 g/mol. The summed E-state index contributed by atoms with van der Waals surface area (Å²) in [6.45, 7) is 6.07. The van der Waals surface area contributed by atoms with Crippen LogP contribution in [0.5, 0.6) is 28.7 Å². The topological polar surface area (TPSA) is 132 Å². The number of amides is 1. The van der Waals surface area contributed by atoms with Crippen LogP contribution in [0.4, 0.5) is 0 Å². The maximum Gasteiger partial charge on any atom is 0.311 e. The fourth-order valence-electron chi connectivity index (χ4n) is 8.98. The highest BCUT2D eigenvalue weighted by Crippen LogP contribution is 2.58. The molecule has 2 bridgehead atoms. The fourth-order valence-corrected chi connectivity index (χ4v) is 8.98. The Hall–Kier alpha value is -4.83. The summed E-state index contributed by atoms with van der Waals surface area (Å²) in [6, 6.07) is 12.9. The van der Waals surface area contributed by atoms with E-state index in [0.717, 1.165) is 33.4 Å². The van der Waals surface area contributed by atoms with Gasteiger partial charge in [-0.1, -0.05) is 43.3 Å². The summed E-state index contributed by atoms with van der Waals surface area (Å²) >= 11 is 0. The summed E-state index contributed by atoms with van der Waals surface area (Å²) in [4.78, 5) is 31.3. The summed E-state index contributed by atoms with van der Waals surface area (Å²) in [7, 11) is 5.29. The van der Waals surface area contributed by atoms with Crippen LogP contribution in [0.3, 0.4) is 0 Å². The van der Waals surface area contributed by atoms with E-state index in [2.05, 4.69) is 34.3 Å². The van der Waals surface area contributed by atoms with Crippen molar-refractivity contribution >= 4 is 11.9 Å². The van der Waals surface area contributed by atoms with Gasteiger partial charge in [0.25, 0.3) is 0 Å². The standard InChI is InChI=1S/C41H48N4O8/c1-7-11-33(47)53-38-24(3)39-41(52-22-51-39)35-27(38)18-29-36-34-26(16-23(2)37(49-6)40(34)50-21-48-5)17-28(44(36)4)30(19-42)45(29)31(35)20-43-32(46)15-14-25-12-9-8-10-13-25/h8-10,12-13,16,28-31,36H,7,11,14-15,17-18,20-22H2,1-6H3,(H,43,46)/t28?,29-,30-,31-,36?/m0/s1. The summed E-state index contributed by atoms with van der Waals surface area (Å²) in [6.07, 6.45) is 2.84. The van der Waals surface area contributed by atoms with Gasteiger partial charge in [0, 0.05) is 60.8 Å². The number of benzene rings is 3. The summed E-state index contributed by atoms with van der Waals surface area (Å²) in [5, 5.41) is 14.3. The zero-order valence-corrected chi connectivity index (χ0v) is 31.3. The number of aryl methyl sites for hydroxylation is 2. The lowest BCUT2D eigenvalue weighted by Gasteiger charge is -2.60. The molecule has 12 heteroatoms. The van der Waals surface area contributed by atoms with Gasteiger partial charge in [-0.3, -0.25) is 19.4 Å². The molecular formula is C41H48N4O8. The van der Waals surface area contributed by atoms with E-state index in [9.17, 15) is 14.9 Å². The highest BCUT2D eigenvalue weighted by Gasteiger charge is 2.57. The normalized spacial score (nSPS) is 22.5. The maximum atomic E-state index is 13.5. The molecule has 4 heterocycles. The highest BCUT2D eigenvalue weighted by atomic mass is 16.7. The summed E-state index contributed by atoms with van der Waals surface area (Å²) in [5.74, 6) is 2.35. The molecule has 0 aromatic heterocycles. The minimum atomic E-state index is -0.551. The van der Waals surface area contributed by atoms with Crippen molar-refractivity contribution in [3.63, 3.8) is 0 Å². The Morgan fingerprint density at radius 3 is 2.49 bits per heavy atom. The number of piperazine rings is 1. The van der Waals surface area contributed by atoms with Gasteiger partial charge in [-0.05, 0) is 63.3 Å². The lowest BCUT2D eigenvalue weighted by atomic mass is 9.71. The van der Waals surface area contributed by atoms with Crippen LogP contribution in [0.25, 0.3) is 0 Å². The number of hydrogen-bond acceptors (Lipinski definition) is 11. The predicted molar refractivity (Wildman–Crippen MR) is 195 cm³/mol. The first-order valence-corrected chi connectivity index (χ1v) is 18.4. The van der Waals surface area contributed by atoms with Gasteiger partial charge < -0.3 is 33.7 Å². The molecule has 1 N–H and O–H groups in total. The molecule has 0 radical (unpaired) electrons. The van der Waals surface area contributed by atoms with Crippen molar-refractivity contribution in [3.8, 4) is 34.8 Å². The van der Waals surface area contributed by atoms with Gasteiger partial charge in [-0.2, -0.15) is 5.26 Å². The SMILES string of the molecule is CCCC(=O)Oc1c(C)c2c(c3c1C[C@H]1C4c5c(cc(C)c(OC)c5OCOC)CC([C@H](C#N)N1[C@H]3CNC(=O)CCc1ccccc1)N4C)OCO2. The van der Waals surface area contributed by atoms with Crippen LogP contribution in [0.1, 0.15) is 77.2 Å². The number of rotatable bonds is 12. The molecule has 53 heavy (non-hydrogen) atoms. The first-order chi connectivity index (χ1) is 25.7. The Labute approximate surface area is 310 Å². The molecular weight excluding hydrogens is 676 g/mol. The van der Waals surface area contributed by atoms with E-state index in [1.54, 1.807) is 14.2 Å². The van der Waals surface area contributed by atoms with Gasteiger partial charge in [0.05, 0.1) is 25.3 Å². The molecule has 2 unspecified atom stereocenters. The second kappa shape index (κ2) is 15.3. The van der Waals surface area contributed by atoms with Crippen LogP contribution in [-0.4, -0.2) is 81.2 Å². The monoisotopic (exact) mass is 724 g/mol. The van der Waals surface area contributed by atoms with Crippen molar-refractivity contribution in [1.82, 2.24) is 15.1 Å². The first-order valence-electron chi connectivity index (χ1n) is 18.4. The Morgan fingerprint density at radius 1 is 1.00 bits per heavy atom. The quantitative estimate of drug-likeness (QED) is 0.149. The Kier molecular flexibility index (Phi) is 10.5. The van der Waals surface area contributed by atoms with E-state index in [4.69, 9.17) is 28.4 Å². The third-order valence-corrected chi connectivity index (χ3v) is 11.2. The predicted octanol–water partition coefficient (Wildman–Crippen LogP) is 5.25. The molecule has 5 atom stereocenters. The Balaban J connectivity index is 1.38. The van der Waals surface area contributed by atoms with E-state index >= 15 is 0 Å². The molecule has 3 aromatic rings. The Bertz CT molecular complexity index is 1930. The fraction of sp³-hybridized carbons (Fsp3) is 0.488. The molecule has 0 aliphatic carbocycles. The number of methoxy groups -OCH3 is 2. The minimum absolute atomic E-state index is 0.0109. The van der Waals surface area contributed by atoms with Crippen LogP contribution in [0.2, 0.25) is 0 Å². The molecule has 1 saturated heterocycles. The van der Waals surface area contributed by atoms with Crippen molar-refractivity contribution in [2.75, 3.05) is 41.4 Å². The van der Waals surface area contributed by atoms with Crippen molar-refractivity contribution in [1.29, 1.82) is 5.26 Å². The molecule has 1 fully saturated rings. The lowest BCUT2D eigenvalue weighted by molar-refractivity contribution is -0.134. The number of hydrogen-bond donors (Lipinski definition) is 1. The number of carbonyl (C=O) groups is 2. The highest BCUT2D eigenvalue weighted by molar-refractivity contribution is 5.77. The van der Waals surface area contributed by atoms with E-state index in [1.807, 2.05) is 51.1 Å². The van der Waals surface area contributed by atoms with Gasteiger partial charge in [-0.15, -0.1) is 0 Å². The van der Waals surface area contributed by atoms with Crippen LogP contribution in [0, 0.1) is 25.2 Å². The number of fused-ring (bicyclic) bond motifs is 9. The summed E-state index contributed by atoms with van der Waals surface area (Å²) in [5.41, 5.74) is 6.36. The van der Waals surface area contributed by atoms with E-state index in [1.165, 1.54) is 0 Å². The van der Waals surface area contributed by atoms with E-state index in [-0.39, 0.29) is 56.6 Å². The number of carbonyl (C=O) groups excluding carboxylic acids is 2. The third kappa shape index (κ3) is 6.45. The van der Waals surface area contributed by atoms with Crippen molar-refractivity contribution in [3.05, 3.63) is 75.3 Å². The number of nitriles is 1. The Morgan fingerprint density at radius 2 is 1.77 bits per heavy atom. The molecule has 1 amide bonds. The van der Waals surface area contributed by atoms with Gasteiger partial charge >= 0.3 is 5.97 Å². The first kappa shape index (κ1) is 36.5. The van der Waals surface area contributed by atoms with Gasteiger partial charge in [0.2, 0.25) is 12.7 Å². The van der Waals surface area contributed by atoms with Crippen LogP contribution < -0.4 is 29.0 Å². The second-order valence-electron chi connectivity index (χ2n) is 14.3. The smallest absolute Gasteiger partial charge is 0.311 e. The van der Waals surface area contributed by atoms with Crippen LogP contribution in [0.15, 0.2) is 36.4 Å². The zero-order valence-electron chi connectivity index (χ0n) is 31.3. The van der Waals surface area contributed by atoms with E-state index in [0.29, 0.717) is 66.4 Å². The zero-order chi connectivity index (χ0) is 37.4. The number of nitrogens with zero attached hydrogens (tertiary/aromatic N) is 3. The van der Waals surface area contributed by atoms with Crippen LogP contribution in [-0.2, 0) is 33.6 Å². The van der Waals surface area contributed by atoms with Gasteiger partial charge in [-0.25, -0.2) is 0 Å². The van der Waals surface area contributed by atoms with Gasteiger partial charge in [0.1, 0.15) is 11.8 Å². The van der Waals surface area contributed by atoms with Crippen molar-refractivity contribution < 1.29 is 38.0 Å². The van der Waals surface area contributed by atoms with Gasteiger partial charge in [0.15, 0.2) is 29.8 Å². The second-order valence-corrected chi connectivity index (χ2v) is 14.3. The molecule has 0 saturated carbocycles. The molecule has 7 rings (SSSR count). The van der Waals surface area contributed by atoms with E-state index < -0.39 is 12.1 Å². The molecule has 12 nitrogen and oxygen atoms in total. The molecule has 0 spiro atoms. The third-order valence-electron chi connectivity index (χ3n) is 11.2. The number of nitrogens with one attached hydrogen (secondary N) is 1. The van der Waals surface area contributed by atoms with Crippen molar-refractivity contribution in [2.24, 2.45) is 0 Å². The average Bonchev–Trinajstić information content (AvgIpc) is 3.65. The molecule has 3 aromatic carbocycles. The maximum absolute atomic E-state index is 13.5. The van der Waals surface area contributed by atoms with Crippen molar-refractivity contribution in [2.45, 2.75) is 89.5 Å². The lowest BCUT2D eigenvalue weighted by Crippen LogP contribution is -2.68. The molecule has 4 aliphatic heterocycles. The largest absolute Gasteiger partial charge is 0.493 e.